The van der Waals surface area contributed by atoms with E-state index in [1.165, 1.54) is 15.0 Å². The Balaban J connectivity index is 1.62. The first-order valence-corrected chi connectivity index (χ1v) is 7.10. The molecule has 20 heavy (non-hydrogen) atoms. The van der Waals surface area contributed by atoms with Crippen LogP contribution in [0.2, 0.25) is 0 Å². The van der Waals surface area contributed by atoms with Crippen molar-refractivity contribution < 1.29 is 4.74 Å². The summed E-state index contributed by atoms with van der Waals surface area (Å²) in [4.78, 5) is 12.7. The van der Waals surface area contributed by atoms with Gasteiger partial charge in [0, 0.05) is 15.8 Å². The van der Waals surface area contributed by atoms with E-state index >= 15 is 0 Å². The molecule has 1 aromatic carbocycles. The average molecular weight is 281 g/mol. The molecule has 0 atom stereocenters. The molecule has 0 aliphatic rings. The first kappa shape index (κ1) is 11.4. The Morgan fingerprint density at radius 2 is 2.10 bits per heavy atom. The number of nitrogens with zero attached hydrogens (tertiary/aromatic N) is 2. The van der Waals surface area contributed by atoms with Crippen LogP contribution in [0, 0.1) is 0 Å². The van der Waals surface area contributed by atoms with E-state index in [-0.39, 0.29) is 0 Å². The van der Waals surface area contributed by atoms with E-state index in [2.05, 4.69) is 39.2 Å². The lowest BCUT2D eigenvalue weighted by atomic mass is 10.2. The number of aromatic nitrogens is 3. The monoisotopic (exact) mass is 281 g/mol. The number of thiophene rings is 1. The van der Waals surface area contributed by atoms with Crippen LogP contribution in [0.3, 0.4) is 0 Å². The average Bonchev–Trinajstić information content (AvgIpc) is 3.11. The highest BCUT2D eigenvalue weighted by Gasteiger charge is 2.07. The van der Waals surface area contributed by atoms with Crippen LogP contribution in [0.5, 0.6) is 5.88 Å². The number of H-pyrrole nitrogens is 1. The zero-order chi connectivity index (χ0) is 13.4. The molecular weight excluding hydrogens is 270 g/mol. The van der Waals surface area contributed by atoms with Crippen LogP contribution < -0.4 is 4.74 Å². The van der Waals surface area contributed by atoms with Crippen LogP contribution >= 0.6 is 11.3 Å². The topological polar surface area (TPSA) is 50.8 Å². The van der Waals surface area contributed by atoms with Gasteiger partial charge in [0.1, 0.15) is 6.61 Å². The van der Waals surface area contributed by atoms with E-state index in [0.29, 0.717) is 12.5 Å². The lowest BCUT2D eigenvalue weighted by molar-refractivity contribution is 0.301. The van der Waals surface area contributed by atoms with Crippen LogP contribution in [-0.2, 0) is 6.61 Å². The second-order valence-electron chi connectivity index (χ2n) is 4.45. The maximum atomic E-state index is 5.81. The van der Waals surface area contributed by atoms with Crippen molar-refractivity contribution in [1.29, 1.82) is 0 Å². The fourth-order valence-corrected chi connectivity index (χ4v) is 3.17. The van der Waals surface area contributed by atoms with Crippen molar-refractivity contribution in [2.75, 3.05) is 0 Å². The molecule has 0 aliphatic heterocycles. The van der Waals surface area contributed by atoms with Gasteiger partial charge in [0.15, 0.2) is 5.52 Å². The minimum Gasteiger partial charge on any atom is -0.470 e. The zero-order valence-corrected chi connectivity index (χ0v) is 11.4. The van der Waals surface area contributed by atoms with E-state index in [9.17, 15) is 0 Å². The molecule has 1 N–H and O–H groups in total. The highest BCUT2D eigenvalue weighted by Crippen LogP contribution is 2.27. The number of ether oxygens (including phenoxy) is 1. The van der Waals surface area contributed by atoms with Gasteiger partial charge in [-0.05, 0) is 23.6 Å². The molecule has 0 spiro atoms. The number of nitrogens with one attached hydrogen (secondary N) is 1. The van der Waals surface area contributed by atoms with E-state index in [4.69, 9.17) is 4.74 Å². The Hall–Kier alpha value is -2.40. The number of hydrogen-bond donors (Lipinski definition) is 1. The molecule has 0 aliphatic carbocycles. The van der Waals surface area contributed by atoms with Crippen molar-refractivity contribution >= 4 is 32.5 Å². The molecule has 0 saturated heterocycles. The summed E-state index contributed by atoms with van der Waals surface area (Å²) in [5.74, 6) is 0.571. The third-order valence-electron chi connectivity index (χ3n) is 3.13. The molecule has 3 heterocycles. The van der Waals surface area contributed by atoms with Crippen LogP contribution in [0.4, 0.5) is 0 Å². The standard InChI is InChI=1S/C15H11N3OS/c1-2-4-13-10(3-1)7-11(20-13)8-19-15-14-12(5-6-16-15)17-9-18-14/h1-7,9H,8H2,(H,17,18). The number of rotatable bonds is 3. The Morgan fingerprint density at radius 3 is 3.05 bits per heavy atom. The molecule has 4 rings (SSSR count). The highest BCUT2D eigenvalue weighted by molar-refractivity contribution is 7.19. The number of pyridine rings is 1. The van der Waals surface area contributed by atoms with Gasteiger partial charge in [0.25, 0.3) is 0 Å². The van der Waals surface area contributed by atoms with Gasteiger partial charge in [-0.1, -0.05) is 18.2 Å². The zero-order valence-electron chi connectivity index (χ0n) is 10.5. The van der Waals surface area contributed by atoms with Crippen LogP contribution in [-0.4, -0.2) is 15.0 Å². The van der Waals surface area contributed by atoms with Gasteiger partial charge in [-0.25, -0.2) is 9.97 Å². The molecular formula is C15H11N3OS. The molecule has 0 fully saturated rings. The largest absolute Gasteiger partial charge is 0.470 e. The maximum Gasteiger partial charge on any atom is 0.242 e. The molecule has 0 bridgehead atoms. The van der Waals surface area contributed by atoms with E-state index < -0.39 is 0 Å². The van der Waals surface area contributed by atoms with Crippen molar-refractivity contribution in [3.8, 4) is 5.88 Å². The summed E-state index contributed by atoms with van der Waals surface area (Å²) in [6.45, 7) is 0.512. The van der Waals surface area contributed by atoms with Gasteiger partial charge >= 0.3 is 0 Å². The van der Waals surface area contributed by atoms with E-state index in [1.54, 1.807) is 23.9 Å². The predicted octanol–water partition coefficient (Wildman–Crippen LogP) is 3.75. The van der Waals surface area contributed by atoms with Crippen LogP contribution in [0.15, 0.2) is 48.9 Å². The van der Waals surface area contributed by atoms with Crippen molar-refractivity contribution in [1.82, 2.24) is 15.0 Å². The van der Waals surface area contributed by atoms with Crippen molar-refractivity contribution in [3.63, 3.8) is 0 Å². The predicted molar refractivity (Wildman–Crippen MR) is 80.0 cm³/mol. The summed E-state index contributed by atoms with van der Waals surface area (Å²) >= 11 is 1.74. The summed E-state index contributed by atoms with van der Waals surface area (Å²) < 4.78 is 7.09. The fourth-order valence-electron chi connectivity index (χ4n) is 2.20. The SMILES string of the molecule is c1ccc2sc(COc3nccc4[nH]cnc34)cc2c1. The summed E-state index contributed by atoms with van der Waals surface area (Å²) in [6, 6.07) is 12.4. The quantitative estimate of drug-likeness (QED) is 0.622. The van der Waals surface area contributed by atoms with Crippen molar-refractivity contribution in [2.24, 2.45) is 0 Å². The van der Waals surface area contributed by atoms with Crippen LogP contribution in [0.1, 0.15) is 4.88 Å². The molecule has 0 unspecified atom stereocenters. The van der Waals surface area contributed by atoms with Gasteiger partial charge in [0.2, 0.25) is 5.88 Å². The highest BCUT2D eigenvalue weighted by atomic mass is 32.1. The van der Waals surface area contributed by atoms with Crippen LogP contribution in [0.25, 0.3) is 21.1 Å². The molecule has 0 amide bonds. The second kappa shape index (κ2) is 4.61. The molecule has 5 heteroatoms. The van der Waals surface area contributed by atoms with E-state index in [1.807, 2.05) is 12.1 Å². The fraction of sp³-hybridized carbons (Fsp3) is 0.0667. The first-order chi connectivity index (χ1) is 9.90. The third-order valence-corrected chi connectivity index (χ3v) is 4.22. The Labute approximate surface area is 119 Å². The van der Waals surface area contributed by atoms with Crippen molar-refractivity contribution in [3.05, 3.63) is 53.8 Å². The van der Waals surface area contributed by atoms with E-state index in [0.717, 1.165) is 11.0 Å². The lowest BCUT2D eigenvalue weighted by Crippen LogP contribution is -1.95. The number of imidazole rings is 1. The first-order valence-electron chi connectivity index (χ1n) is 6.28. The molecule has 4 aromatic rings. The summed E-state index contributed by atoms with van der Waals surface area (Å²) in [6.07, 6.45) is 3.37. The van der Waals surface area contributed by atoms with Gasteiger partial charge in [-0.15, -0.1) is 11.3 Å². The minimum absolute atomic E-state index is 0.512. The number of aromatic amines is 1. The third kappa shape index (κ3) is 1.92. The number of hydrogen-bond acceptors (Lipinski definition) is 4. The number of fused-ring (bicyclic) bond motifs is 2. The molecule has 98 valence electrons. The second-order valence-corrected chi connectivity index (χ2v) is 5.62. The van der Waals surface area contributed by atoms with Gasteiger partial charge in [-0.2, -0.15) is 0 Å². The molecule has 3 aromatic heterocycles. The molecule has 0 saturated carbocycles. The smallest absolute Gasteiger partial charge is 0.242 e. The van der Waals surface area contributed by atoms with Gasteiger partial charge in [-0.3, -0.25) is 0 Å². The van der Waals surface area contributed by atoms with Crippen molar-refractivity contribution in [2.45, 2.75) is 6.61 Å². The maximum absolute atomic E-state index is 5.81. The Morgan fingerprint density at radius 1 is 1.15 bits per heavy atom. The molecule has 4 nitrogen and oxygen atoms in total. The summed E-state index contributed by atoms with van der Waals surface area (Å²) in [7, 11) is 0. The normalized spacial score (nSPS) is 11.2. The van der Waals surface area contributed by atoms with Gasteiger partial charge < -0.3 is 9.72 Å². The minimum atomic E-state index is 0.512. The number of benzene rings is 1. The Kier molecular flexibility index (Phi) is 2.63. The summed E-state index contributed by atoms with van der Waals surface area (Å²) in [5, 5.41) is 1.25. The molecule has 0 radical (unpaired) electrons. The Bertz CT molecular complexity index is 848. The lowest BCUT2D eigenvalue weighted by Gasteiger charge is -2.03. The summed E-state index contributed by atoms with van der Waals surface area (Å²) in [5.41, 5.74) is 1.71. The van der Waals surface area contributed by atoms with Gasteiger partial charge in [0.05, 0.1) is 11.8 Å².